The molecule has 7 rings (SSSR count). The van der Waals surface area contributed by atoms with Crippen molar-refractivity contribution in [3.63, 3.8) is 0 Å². The third kappa shape index (κ3) is 4.87. The Labute approximate surface area is 262 Å². The van der Waals surface area contributed by atoms with E-state index in [9.17, 15) is 13.6 Å². The van der Waals surface area contributed by atoms with Crippen molar-refractivity contribution in [3.05, 3.63) is 48.6 Å². The summed E-state index contributed by atoms with van der Waals surface area (Å²) in [7, 11) is 1.87. The van der Waals surface area contributed by atoms with Gasteiger partial charge in [0.1, 0.15) is 29.9 Å². The van der Waals surface area contributed by atoms with Crippen LogP contribution in [-0.2, 0) is 4.79 Å². The van der Waals surface area contributed by atoms with Gasteiger partial charge in [0, 0.05) is 49.1 Å². The molecule has 3 aliphatic heterocycles. The molecule has 9 nitrogen and oxygen atoms in total. The number of hydrogen-bond donors (Lipinski definition) is 1. The third-order valence-corrected chi connectivity index (χ3v) is 10.7. The number of nitrogens with zero attached hydrogens (tertiary/aromatic N) is 6. The summed E-state index contributed by atoms with van der Waals surface area (Å²) in [6, 6.07) is 5.81. The highest BCUT2D eigenvalue weighted by Crippen LogP contribution is 2.42. The second-order valence-corrected chi connectivity index (χ2v) is 13.3. The molecule has 0 radical (unpaired) electrons. The van der Waals surface area contributed by atoms with E-state index in [1.807, 2.05) is 18.9 Å². The average Bonchev–Trinajstić information content (AvgIpc) is 3.78. The molecule has 0 bridgehead atoms. The van der Waals surface area contributed by atoms with Crippen LogP contribution in [0.4, 0.5) is 24.1 Å². The highest BCUT2D eigenvalue weighted by molar-refractivity contribution is 7.22. The number of aromatic nitrogens is 3. The maximum absolute atomic E-state index is 16.7. The lowest BCUT2D eigenvalue weighted by Gasteiger charge is -2.33. The summed E-state index contributed by atoms with van der Waals surface area (Å²) in [6.07, 6.45) is 3.18. The summed E-state index contributed by atoms with van der Waals surface area (Å²) >= 11 is 1.00. The van der Waals surface area contributed by atoms with E-state index in [2.05, 4.69) is 21.4 Å². The van der Waals surface area contributed by atoms with Crippen molar-refractivity contribution in [3.8, 4) is 17.1 Å². The number of likely N-dealkylation sites (tertiary alicyclic amines) is 1. The summed E-state index contributed by atoms with van der Waals surface area (Å²) in [5.74, 6) is -0.823. The largest absolute Gasteiger partial charge is 0.461 e. The van der Waals surface area contributed by atoms with E-state index >= 15 is 4.39 Å². The van der Waals surface area contributed by atoms with E-state index in [4.69, 9.17) is 15.5 Å². The van der Waals surface area contributed by atoms with Gasteiger partial charge in [-0.2, -0.15) is 9.97 Å². The molecule has 4 aromatic rings. The van der Waals surface area contributed by atoms with E-state index in [1.165, 1.54) is 18.2 Å². The summed E-state index contributed by atoms with van der Waals surface area (Å²) < 4.78 is 52.1. The molecule has 1 amide bonds. The van der Waals surface area contributed by atoms with Crippen molar-refractivity contribution in [2.75, 3.05) is 43.9 Å². The number of carbonyl (C=O) groups is 1. The number of nitrogen functional groups attached to an aromatic ring is 1. The van der Waals surface area contributed by atoms with Crippen LogP contribution in [0.1, 0.15) is 32.6 Å². The summed E-state index contributed by atoms with van der Waals surface area (Å²) in [6.45, 7) is 7.51. The van der Waals surface area contributed by atoms with Crippen LogP contribution in [-0.4, -0.2) is 87.7 Å². The first-order valence-corrected chi connectivity index (χ1v) is 15.9. The zero-order valence-corrected chi connectivity index (χ0v) is 25.9. The van der Waals surface area contributed by atoms with Gasteiger partial charge in [0.25, 0.3) is 0 Å². The van der Waals surface area contributed by atoms with Gasteiger partial charge in [-0.05, 0) is 57.0 Å². The van der Waals surface area contributed by atoms with Gasteiger partial charge in [-0.1, -0.05) is 24.0 Å². The number of alkyl halides is 1. The molecule has 4 atom stereocenters. The number of hydrogen-bond acceptors (Lipinski definition) is 9. The molecule has 2 aromatic carbocycles. The molecular weight excluding hydrogens is 603 g/mol. The number of ether oxygens (including phenoxy) is 1. The summed E-state index contributed by atoms with van der Waals surface area (Å²) in [5.41, 5.74) is 6.32. The first-order chi connectivity index (χ1) is 21.6. The minimum atomic E-state index is -0.925. The molecule has 236 valence electrons. The fourth-order valence-corrected chi connectivity index (χ4v) is 8.31. The molecule has 13 heteroatoms. The Bertz CT molecular complexity index is 1840. The van der Waals surface area contributed by atoms with Gasteiger partial charge in [0.05, 0.1) is 21.8 Å². The topological polar surface area (TPSA) is 101 Å². The molecule has 0 saturated carbocycles. The number of halogens is 3. The SMILES string of the molecule is C=CC(=O)N1CCC(N(C)c2nc(OCC34CCCN3CC(F)C4)nc3c(F)c(-c4ccc(F)c5sc(N)nc45)ccc23)C1C. The average molecular weight is 638 g/mol. The first-order valence-electron chi connectivity index (χ1n) is 15.1. The van der Waals surface area contributed by atoms with Crippen molar-refractivity contribution in [2.24, 2.45) is 0 Å². The van der Waals surface area contributed by atoms with E-state index in [-0.39, 0.29) is 57.0 Å². The van der Waals surface area contributed by atoms with E-state index in [0.29, 0.717) is 42.7 Å². The minimum absolute atomic E-state index is 0.0178. The number of benzene rings is 2. The fourth-order valence-electron chi connectivity index (χ4n) is 7.55. The second-order valence-electron chi connectivity index (χ2n) is 12.3. The van der Waals surface area contributed by atoms with Gasteiger partial charge in [0.15, 0.2) is 10.9 Å². The van der Waals surface area contributed by atoms with Gasteiger partial charge in [-0.25, -0.2) is 18.2 Å². The number of fused-ring (bicyclic) bond motifs is 3. The van der Waals surface area contributed by atoms with Gasteiger partial charge >= 0.3 is 6.01 Å². The quantitative estimate of drug-likeness (QED) is 0.272. The lowest BCUT2D eigenvalue weighted by atomic mass is 9.95. The molecular formula is C32H34F3N7O2S. The maximum Gasteiger partial charge on any atom is 0.319 e. The lowest BCUT2D eigenvalue weighted by Crippen LogP contribution is -2.44. The van der Waals surface area contributed by atoms with Crippen LogP contribution in [0, 0.1) is 11.6 Å². The second kappa shape index (κ2) is 11.1. The van der Waals surface area contributed by atoms with E-state index in [1.54, 1.807) is 17.0 Å². The highest BCUT2D eigenvalue weighted by Gasteiger charge is 2.49. The Morgan fingerprint density at radius 2 is 2.00 bits per heavy atom. The Kier molecular flexibility index (Phi) is 7.35. The lowest BCUT2D eigenvalue weighted by molar-refractivity contribution is -0.126. The molecule has 2 N–H and O–H groups in total. The van der Waals surface area contributed by atoms with Crippen molar-refractivity contribution >= 4 is 49.3 Å². The van der Waals surface area contributed by atoms with Gasteiger partial charge in [-0.3, -0.25) is 9.69 Å². The van der Waals surface area contributed by atoms with Crippen LogP contribution in [0.3, 0.4) is 0 Å². The number of rotatable bonds is 7. The van der Waals surface area contributed by atoms with E-state index in [0.717, 1.165) is 30.7 Å². The molecule has 4 unspecified atom stereocenters. The molecule has 45 heavy (non-hydrogen) atoms. The van der Waals surface area contributed by atoms with Crippen LogP contribution in [0.15, 0.2) is 36.9 Å². The third-order valence-electron chi connectivity index (χ3n) is 9.80. The number of thiazole rings is 1. The van der Waals surface area contributed by atoms with Crippen LogP contribution in [0.25, 0.3) is 32.2 Å². The summed E-state index contributed by atoms with van der Waals surface area (Å²) in [5, 5.41) is 0.630. The highest BCUT2D eigenvalue weighted by atomic mass is 32.1. The Morgan fingerprint density at radius 1 is 1.20 bits per heavy atom. The predicted octanol–water partition coefficient (Wildman–Crippen LogP) is 5.33. The standard InChI is InChI=1S/C32H34F3N7O2S/c1-4-24(43)42-13-10-23(17(42)2)40(3)29-21-7-6-19(20-8-9-22(34)28-27(20)37-30(36)45-28)25(35)26(21)38-31(39-29)44-16-32-11-5-12-41(32)15-18(33)14-32/h4,6-9,17-18,23H,1,5,10-16H2,2-3H3,(H2,36,37). The van der Waals surface area contributed by atoms with Crippen molar-refractivity contribution in [2.45, 2.75) is 56.4 Å². The molecule has 2 aromatic heterocycles. The number of anilines is 2. The van der Waals surface area contributed by atoms with Gasteiger partial charge < -0.3 is 20.3 Å². The zero-order chi connectivity index (χ0) is 31.6. The minimum Gasteiger partial charge on any atom is -0.461 e. The van der Waals surface area contributed by atoms with Crippen molar-refractivity contribution < 1.29 is 22.7 Å². The normalized spacial score (nSPS) is 24.9. The van der Waals surface area contributed by atoms with Gasteiger partial charge in [0.2, 0.25) is 5.91 Å². The fraction of sp³-hybridized carbons (Fsp3) is 0.438. The molecule has 3 fully saturated rings. The molecule has 3 saturated heterocycles. The van der Waals surface area contributed by atoms with Crippen molar-refractivity contribution in [1.82, 2.24) is 24.8 Å². The Morgan fingerprint density at radius 3 is 2.80 bits per heavy atom. The number of amides is 1. The number of nitrogens with two attached hydrogens (primary N) is 1. The van der Waals surface area contributed by atoms with Crippen LogP contribution in [0.5, 0.6) is 6.01 Å². The Hall–Kier alpha value is -3.97. The van der Waals surface area contributed by atoms with Crippen LogP contribution >= 0.6 is 11.3 Å². The van der Waals surface area contributed by atoms with Crippen LogP contribution in [0.2, 0.25) is 0 Å². The van der Waals surface area contributed by atoms with Gasteiger partial charge in [-0.15, -0.1) is 0 Å². The number of likely N-dealkylation sites (N-methyl/N-ethyl adjacent to an activating group) is 1. The van der Waals surface area contributed by atoms with E-state index < -0.39 is 23.3 Å². The first kappa shape index (κ1) is 29.7. The maximum atomic E-state index is 16.7. The summed E-state index contributed by atoms with van der Waals surface area (Å²) in [4.78, 5) is 31.9. The number of carbonyl (C=O) groups excluding carboxylic acids is 1. The van der Waals surface area contributed by atoms with Crippen LogP contribution < -0.4 is 15.4 Å². The molecule has 5 heterocycles. The predicted molar refractivity (Wildman–Crippen MR) is 169 cm³/mol. The Balaban J connectivity index is 1.33. The smallest absolute Gasteiger partial charge is 0.319 e. The molecule has 0 aliphatic carbocycles. The monoisotopic (exact) mass is 637 g/mol. The molecule has 3 aliphatic rings. The zero-order valence-electron chi connectivity index (χ0n) is 25.1. The molecule has 0 spiro atoms. The van der Waals surface area contributed by atoms with Crippen molar-refractivity contribution in [1.29, 1.82) is 0 Å².